The van der Waals surface area contributed by atoms with Gasteiger partial charge in [0.15, 0.2) is 0 Å². The Bertz CT molecular complexity index is 693. The maximum absolute atomic E-state index is 11.5. The average molecular weight is 388 g/mol. The van der Waals surface area contributed by atoms with Gasteiger partial charge in [0, 0.05) is 17.9 Å². The standard InChI is InChI=1S/C24H37NO3/c1-22-7-6-15-14(16(22)11-17(21(22)26)25-8-4-3-5-9-25)10-20-24(28-20)13-19-18(27-19)12-23(15,24)2/h14-21,26H,3-13H2,1-2H3/t14-,15+,16+,17+,18-,19+,20+,21+,22+,23-,24+/m1/s1. The lowest BCUT2D eigenvalue weighted by molar-refractivity contribution is -0.107. The Morgan fingerprint density at radius 2 is 1.75 bits per heavy atom. The zero-order valence-corrected chi connectivity index (χ0v) is 17.6. The zero-order valence-electron chi connectivity index (χ0n) is 17.6. The van der Waals surface area contributed by atoms with Crippen molar-refractivity contribution in [1.82, 2.24) is 4.90 Å². The van der Waals surface area contributed by atoms with Gasteiger partial charge in [-0.05, 0) is 81.2 Å². The van der Waals surface area contributed by atoms with Crippen molar-refractivity contribution in [2.24, 2.45) is 28.6 Å². The first kappa shape index (κ1) is 17.5. The van der Waals surface area contributed by atoms with E-state index in [-0.39, 0.29) is 17.1 Å². The summed E-state index contributed by atoms with van der Waals surface area (Å²) in [7, 11) is 0. The predicted molar refractivity (Wildman–Crippen MR) is 106 cm³/mol. The second kappa shape index (κ2) is 5.36. The fraction of sp³-hybridized carbons (Fsp3) is 1.00. The van der Waals surface area contributed by atoms with Crippen LogP contribution in [0.25, 0.3) is 0 Å². The van der Waals surface area contributed by atoms with Gasteiger partial charge in [0.1, 0.15) is 5.60 Å². The number of aliphatic hydroxyl groups is 1. The van der Waals surface area contributed by atoms with Crippen LogP contribution < -0.4 is 0 Å². The summed E-state index contributed by atoms with van der Waals surface area (Å²) in [6, 6.07) is 0.399. The smallest absolute Gasteiger partial charge is 0.103 e. The fourth-order valence-electron chi connectivity index (χ4n) is 9.51. The maximum Gasteiger partial charge on any atom is 0.103 e. The molecule has 4 saturated carbocycles. The molecule has 4 nitrogen and oxygen atoms in total. The Labute approximate surface area is 169 Å². The van der Waals surface area contributed by atoms with Crippen LogP contribution in [0.5, 0.6) is 0 Å². The van der Waals surface area contributed by atoms with Crippen molar-refractivity contribution in [3.63, 3.8) is 0 Å². The number of piperidine rings is 1. The van der Waals surface area contributed by atoms with E-state index >= 15 is 0 Å². The minimum absolute atomic E-state index is 0.113. The number of aliphatic hydroxyl groups excluding tert-OH is 1. The van der Waals surface area contributed by atoms with Gasteiger partial charge < -0.3 is 14.6 Å². The van der Waals surface area contributed by atoms with E-state index in [9.17, 15) is 5.11 Å². The molecule has 1 spiro atoms. The third-order valence-electron chi connectivity index (χ3n) is 11.2. The Kier molecular flexibility index (Phi) is 3.35. The van der Waals surface area contributed by atoms with Crippen LogP contribution >= 0.6 is 0 Å². The predicted octanol–water partition coefficient (Wildman–Crippen LogP) is 3.36. The molecule has 4 aliphatic carbocycles. The quantitative estimate of drug-likeness (QED) is 0.701. The molecule has 28 heavy (non-hydrogen) atoms. The Hall–Kier alpha value is -0.160. The van der Waals surface area contributed by atoms with Gasteiger partial charge in [0.05, 0.1) is 24.4 Å². The van der Waals surface area contributed by atoms with Gasteiger partial charge in [-0.1, -0.05) is 20.3 Å². The van der Waals surface area contributed by atoms with Crippen molar-refractivity contribution in [2.75, 3.05) is 13.1 Å². The number of fused-ring (bicyclic) bond motifs is 5. The topological polar surface area (TPSA) is 48.5 Å². The number of rotatable bonds is 1. The number of nitrogens with zero attached hydrogens (tertiary/aromatic N) is 1. The van der Waals surface area contributed by atoms with Crippen molar-refractivity contribution >= 4 is 0 Å². The molecular formula is C24H37NO3. The van der Waals surface area contributed by atoms with E-state index in [1.807, 2.05) is 0 Å². The molecule has 3 saturated heterocycles. The first-order valence-corrected chi connectivity index (χ1v) is 12.2. The summed E-state index contributed by atoms with van der Waals surface area (Å²) < 4.78 is 12.6. The molecule has 0 bridgehead atoms. The molecule has 0 amide bonds. The third kappa shape index (κ3) is 1.98. The largest absolute Gasteiger partial charge is 0.391 e. The fourth-order valence-corrected chi connectivity index (χ4v) is 9.51. The van der Waals surface area contributed by atoms with Gasteiger partial charge >= 0.3 is 0 Å². The first-order chi connectivity index (χ1) is 13.5. The van der Waals surface area contributed by atoms with Gasteiger partial charge in [-0.15, -0.1) is 0 Å². The number of ether oxygens (including phenoxy) is 2. The van der Waals surface area contributed by atoms with Gasteiger partial charge in [-0.25, -0.2) is 0 Å². The minimum atomic E-state index is -0.140. The molecule has 0 aromatic heterocycles. The molecule has 3 heterocycles. The molecule has 1 N–H and O–H groups in total. The molecular weight excluding hydrogens is 350 g/mol. The highest BCUT2D eigenvalue weighted by Gasteiger charge is 2.79. The van der Waals surface area contributed by atoms with Crippen molar-refractivity contribution in [1.29, 1.82) is 0 Å². The highest BCUT2D eigenvalue weighted by molar-refractivity contribution is 5.27. The number of hydrogen-bond donors (Lipinski definition) is 1. The normalized spacial score (nSPS) is 64.8. The number of hydrogen-bond acceptors (Lipinski definition) is 4. The molecule has 11 atom stereocenters. The van der Waals surface area contributed by atoms with Crippen LogP contribution in [0.1, 0.15) is 71.6 Å². The second-order valence-electron chi connectivity index (χ2n) is 12.0. The van der Waals surface area contributed by atoms with Crippen molar-refractivity contribution in [3.8, 4) is 0 Å². The molecule has 7 rings (SSSR count). The van der Waals surface area contributed by atoms with E-state index < -0.39 is 0 Å². The molecule has 7 fully saturated rings. The third-order valence-corrected chi connectivity index (χ3v) is 11.2. The van der Waals surface area contributed by atoms with E-state index in [1.54, 1.807) is 0 Å². The lowest BCUT2D eigenvalue weighted by atomic mass is 9.45. The Balaban J connectivity index is 1.21. The highest BCUT2D eigenvalue weighted by atomic mass is 16.6. The summed E-state index contributed by atoms with van der Waals surface area (Å²) >= 11 is 0. The first-order valence-electron chi connectivity index (χ1n) is 12.2. The summed E-state index contributed by atoms with van der Waals surface area (Å²) in [4.78, 5) is 2.65. The maximum atomic E-state index is 11.5. The lowest BCUT2D eigenvalue weighted by Crippen LogP contribution is -2.58. The van der Waals surface area contributed by atoms with Crippen LogP contribution in [0.2, 0.25) is 0 Å². The lowest BCUT2D eigenvalue weighted by Gasteiger charge is -2.57. The number of epoxide rings is 2. The van der Waals surface area contributed by atoms with Crippen molar-refractivity contribution < 1.29 is 14.6 Å². The Morgan fingerprint density at radius 1 is 0.964 bits per heavy atom. The van der Waals surface area contributed by atoms with Crippen LogP contribution in [0, 0.1) is 28.6 Å². The van der Waals surface area contributed by atoms with E-state index in [1.165, 1.54) is 64.5 Å². The van der Waals surface area contributed by atoms with E-state index in [0.717, 1.165) is 18.3 Å². The van der Waals surface area contributed by atoms with Gasteiger partial charge in [-0.2, -0.15) is 0 Å². The van der Waals surface area contributed by atoms with Crippen molar-refractivity contribution in [3.05, 3.63) is 0 Å². The number of likely N-dealkylation sites (tertiary alicyclic amines) is 1. The van der Waals surface area contributed by atoms with E-state index in [2.05, 4.69) is 18.7 Å². The molecule has 0 aromatic rings. The summed E-state index contributed by atoms with van der Waals surface area (Å²) in [6.45, 7) is 7.39. The van der Waals surface area contributed by atoms with Crippen LogP contribution in [0.3, 0.4) is 0 Å². The summed E-state index contributed by atoms with van der Waals surface area (Å²) in [6.07, 6.45) is 12.7. The van der Waals surface area contributed by atoms with E-state index in [0.29, 0.717) is 35.7 Å². The molecule has 3 aliphatic heterocycles. The summed E-state index contributed by atoms with van der Waals surface area (Å²) in [5.74, 6) is 2.18. The monoisotopic (exact) mass is 387 g/mol. The molecule has 7 aliphatic rings. The molecule has 4 heteroatoms. The van der Waals surface area contributed by atoms with Crippen LogP contribution in [-0.2, 0) is 9.47 Å². The van der Waals surface area contributed by atoms with Crippen molar-refractivity contribution in [2.45, 2.75) is 108 Å². The molecule has 0 unspecified atom stereocenters. The summed E-state index contributed by atoms with van der Waals surface area (Å²) in [5.41, 5.74) is 0.554. The van der Waals surface area contributed by atoms with E-state index in [4.69, 9.17) is 9.47 Å². The zero-order chi connectivity index (χ0) is 18.9. The Morgan fingerprint density at radius 3 is 2.57 bits per heavy atom. The van der Waals surface area contributed by atoms with Gasteiger partial charge in [0.2, 0.25) is 0 Å². The average Bonchev–Trinajstić information content (AvgIpc) is 3.57. The molecule has 156 valence electrons. The van der Waals surface area contributed by atoms with Gasteiger partial charge in [0.25, 0.3) is 0 Å². The highest BCUT2D eigenvalue weighted by Crippen LogP contribution is 2.75. The van der Waals surface area contributed by atoms with Crippen LogP contribution in [-0.4, -0.2) is 59.2 Å². The molecule has 0 aromatic carbocycles. The molecule has 0 radical (unpaired) electrons. The van der Waals surface area contributed by atoms with Gasteiger partial charge in [-0.3, -0.25) is 4.90 Å². The second-order valence-corrected chi connectivity index (χ2v) is 12.0. The van der Waals surface area contributed by atoms with Crippen LogP contribution in [0.4, 0.5) is 0 Å². The summed E-state index contributed by atoms with van der Waals surface area (Å²) in [5, 5.41) is 11.5. The van der Waals surface area contributed by atoms with Crippen LogP contribution in [0.15, 0.2) is 0 Å². The minimum Gasteiger partial charge on any atom is -0.391 e. The SMILES string of the molecule is C[C@]12CC[C@H]3[C@@H](C[C@@H]4O[C@@]45C[C@@H]4O[C@@H]4C[C@]35C)[C@@H]1C[C@H](N1CCCCC1)[C@@H]2O.